The highest BCUT2D eigenvalue weighted by atomic mass is 15.2. The summed E-state index contributed by atoms with van der Waals surface area (Å²) in [6.07, 6.45) is 1.80. The average Bonchev–Trinajstić information content (AvgIpc) is 2.37. The predicted molar refractivity (Wildman–Crippen MR) is 75.8 cm³/mol. The third-order valence-corrected chi connectivity index (χ3v) is 3.52. The van der Waals surface area contributed by atoms with Crippen LogP contribution in [0.2, 0.25) is 0 Å². The molecular weight excluding hydrogens is 226 g/mol. The smallest absolute Gasteiger partial charge is 0.149 e. The second kappa shape index (κ2) is 6.02. The van der Waals surface area contributed by atoms with E-state index in [4.69, 9.17) is 5.73 Å². The highest BCUT2D eigenvalue weighted by Crippen LogP contribution is 2.18. The van der Waals surface area contributed by atoms with Crippen LogP contribution in [0.5, 0.6) is 0 Å². The minimum Gasteiger partial charge on any atom is -0.396 e. The number of piperazine rings is 1. The normalized spacial score (nSPS) is 17.9. The van der Waals surface area contributed by atoms with Crippen LogP contribution in [0.1, 0.15) is 5.56 Å². The maximum Gasteiger partial charge on any atom is 0.149 e. The molecule has 0 spiro atoms. The molecule has 18 heavy (non-hydrogen) atoms. The first kappa shape index (κ1) is 13.1. The quantitative estimate of drug-likeness (QED) is 0.820. The van der Waals surface area contributed by atoms with Gasteiger partial charge in [-0.3, -0.25) is 4.90 Å². The highest BCUT2D eigenvalue weighted by molar-refractivity contribution is 5.64. The molecule has 0 radical (unpaired) electrons. The van der Waals surface area contributed by atoms with Crippen LogP contribution in [0.15, 0.2) is 12.3 Å². The van der Waals surface area contributed by atoms with E-state index in [0.717, 1.165) is 56.3 Å². The lowest BCUT2D eigenvalue weighted by molar-refractivity contribution is 0.158. The van der Waals surface area contributed by atoms with Gasteiger partial charge >= 0.3 is 0 Å². The molecule has 100 valence electrons. The summed E-state index contributed by atoms with van der Waals surface area (Å²) in [5.74, 6) is 0.809. The Labute approximate surface area is 109 Å². The van der Waals surface area contributed by atoms with E-state index >= 15 is 0 Å². The van der Waals surface area contributed by atoms with Gasteiger partial charge in [-0.15, -0.1) is 0 Å². The molecule has 0 saturated carbocycles. The number of hydrogen-bond acceptors (Lipinski definition) is 5. The number of nitrogens with zero attached hydrogens (tertiary/aromatic N) is 3. The van der Waals surface area contributed by atoms with Gasteiger partial charge in [-0.05, 0) is 25.6 Å². The van der Waals surface area contributed by atoms with Crippen LogP contribution in [-0.4, -0.2) is 61.1 Å². The Balaban J connectivity index is 1.77. The lowest BCUT2D eigenvalue weighted by Crippen LogP contribution is -2.45. The fourth-order valence-electron chi connectivity index (χ4n) is 2.11. The molecule has 0 aliphatic carbocycles. The number of nitrogens with two attached hydrogens (primary N) is 1. The molecule has 0 bridgehead atoms. The van der Waals surface area contributed by atoms with Gasteiger partial charge in [0.05, 0.1) is 5.69 Å². The van der Waals surface area contributed by atoms with Gasteiger partial charge in [-0.2, -0.15) is 0 Å². The maximum absolute atomic E-state index is 5.97. The molecule has 0 unspecified atom stereocenters. The van der Waals surface area contributed by atoms with Crippen LogP contribution in [0.4, 0.5) is 11.5 Å². The third-order valence-electron chi connectivity index (χ3n) is 3.52. The molecule has 0 aromatic carbocycles. The van der Waals surface area contributed by atoms with Crippen molar-refractivity contribution in [1.29, 1.82) is 0 Å². The number of aryl methyl sites for hydroxylation is 1. The molecule has 0 amide bonds. The van der Waals surface area contributed by atoms with Gasteiger partial charge in [0.15, 0.2) is 0 Å². The van der Waals surface area contributed by atoms with E-state index in [1.54, 1.807) is 6.20 Å². The first-order valence-corrected chi connectivity index (χ1v) is 6.52. The van der Waals surface area contributed by atoms with Crippen molar-refractivity contribution < 1.29 is 0 Å². The summed E-state index contributed by atoms with van der Waals surface area (Å²) < 4.78 is 0. The van der Waals surface area contributed by atoms with Crippen molar-refractivity contribution in [3.05, 3.63) is 17.8 Å². The maximum atomic E-state index is 5.97. The molecule has 3 N–H and O–H groups in total. The van der Waals surface area contributed by atoms with Crippen molar-refractivity contribution in [3.63, 3.8) is 0 Å². The van der Waals surface area contributed by atoms with E-state index in [2.05, 4.69) is 27.1 Å². The van der Waals surface area contributed by atoms with Crippen molar-refractivity contribution in [2.45, 2.75) is 6.92 Å². The van der Waals surface area contributed by atoms with Crippen molar-refractivity contribution in [2.24, 2.45) is 0 Å². The van der Waals surface area contributed by atoms with Gasteiger partial charge in [0.1, 0.15) is 5.82 Å². The van der Waals surface area contributed by atoms with Crippen LogP contribution in [0.25, 0.3) is 0 Å². The van der Waals surface area contributed by atoms with Gasteiger partial charge < -0.3 is 16.0 Å². The Morgan fingerprint density at radius 3 is 2.78 bits per heavy atom. The number of rotatable bonds is 4. The monoisotopic (exact) mass is 249 g/mol. The lowest BCUT2D eigenvalue weighted by atomic mass is 10.2. The number of aromatic nitrogens is 1. The second-order valence-electron chi connectivity index (χ2n) is 4.96. The van der Waals surface area contributed by atoms with Crippen molar-refractivity contribution >= 4 is 11.5 Å². The number of nitrogens with one attached hydrogen (secondary N) is 1. The molecule has 1 saturated heterocycles. The molecule has 1 aromatic heterocycles. The Morgan fingerprint density at radius 2 is 2.06 bits per heavy atom. The number of hydrogen-bond donors (Lipinski definition) is 2. The van der Waals surface area contributed by atoms with E-state index in [1.807, 2.05) is 13.0 Å². The number of likely N-dealkylation sites (N-methyl/N-ethyl adjacent to an activating group) is 1. The fourth-order valence-corrected chi connectivity index (χ4v) is 2.11. The summed E-state index contributed by atoms with van der Waals surface area (Å²) in [5.41, 5.74) is 7.81. The zero-order chi connectivity index (χ0) is 13.0. The van der Waals surface area contributed by atoms with Crippen LogP contribution >= 0.6 is 0 Å². The Kier molecular flexibility index (Phi) is 4.38. The molecular formula is C13H23N5. The molecule has 2 heterocycles. The summed E-state index contributed by atoms with van der Waals surface area (Å²) in [5, 5.41) is 3.32. The van der Waals surface area contributed by atoms with Gasteiger partial charge in [0.25, 0.3) is 0 Å². The number of pyridine rings is 1. The van der Waals surface area contributed by atoms with Gasteiger partial charge in [0.2, 0.25) is 0 Å². The van der Waals surface area contributed by atoms with Crippen LogP contribution in [0, 0.1) is 6.92 Å². The Morgan fingerprint density at radius 1 is 1.33 bits per heavy atom. The van der Waals surface area contributed by atoms with E-state index in [1.165, 1.54) is 0 Å². The molecule has 1 fully saturated rings. The summed E-state index contributed by atoms with van der Waals surface area (Å²) in [7, 11) is 2.17. The van der Waals surface area contributed by atoms with E-state index in [9.17, 15) is 0 Å². The number of nitrogen functional groups attached to an aromatic ring is 1. The van der Waals surface area contributed by atoms with E-state index in [0.29, 0.717) is 0 Å². The summed E-state index contributed by atoms with van der Waals surface area (Å²) in [4.78, 5) is 9.11. The van der Waals surface area contributed by atoms with Crippen molar-refractivity contribution in [1.82, 2.24) is 14.8 Å². The highest BCUT2D eigenvalue weighted by Gasteiger charge is 2.13. The summed E-state index contributed by atoms with van der Waals surface area (Å²) in [6.45, 7) is 8.55. The summed E-state index contributed by atoms with van der Waals surface area (Å²) in [6, 6.07) is 1.93. The lowest BCUT2D eigenvalue weighted by Gasteiger charge is -2.32. The first-order valence-electron chi connectivity index (χ1n) is 6.52. The molecule has 5 heteroatoms. The predicted octanol–water partition coefficient (Wildman–Crippen LogP) is 0.632. The van der Waals surface area contributed by atoms with Crippen LogP contribution < -0.4 is 11.1 Å². The summed E-state index contributed by atoms with van der Waals surface area (Å²) >= 11 is 0. The Bertz CT molecular complexity index is 385. The van der Waals surface area contributed by atoms with Crippen LogP contribution in [-0.2, 0) is 0 Å². The van der Waals surface area contributed by atoms with Gasteiger partial charge in [-0.1, -0.05) is 0 Å². The third kappa shape index (κ3) is 3.34. The standard InChI is InChI=1S/C13H23N5/c1-11-3-4-15-13(12(11)14)16-5-6-18-9-7-17(2)8-10-18/h3-4H,5-10,14H2,1-2H3,(H,15,16). The largest absolute Gasteiger partial charge is 0.396 e. The van der Waals surface area contributed by atoms with Crippen molar-refractivity contribution in [3.8, 4) is 0 Å². The molecule has 5 nitrogen and oxygen atoms in total. The Hall–Kier alpha value is -1.33. The van der Waals surface area contributed by atoms with Gasteiger partial charge in [0, 0.05) is 45.5 Å². The second-order valence-corrected chi connectivity index (χ2v) is 4.96. The minimum absolute atomic E-state index is 0.760. The molecule has 1 aliphatic heterocycles. The zero-order valence-corrected chi connectivity index (χ0v) is 11.3. The topological polar surface area (TPSA) is 57.4 Å². The average molecular weight is 249 g/mol. The molecule has 2 rings (SSSR count). The molecule has 1 aromatic rings. The molecule has 1 aliphatic rings. The van der Waals surface area contributed by atoms with Crippen LogP contribution in [0.3, 0.4) is 0 Å². The van der Waals surface area contributed by atoms with E-state index in [-0.39, 0.29) is 0 Å². The van der Waals surface area contributed by atoms with Crippen molar-refractivity contribution in [2.75, 3.05) is 57.4 Å². The number of anilines is 2. The van der Waals surface area contributed by atoms with Gasteiger partial charge in [-0.25, -0.2) is 4.98 Å². The zero-order valence-electron chi connectivity index (χ0n) is 11.3. The SMILES string of the molecule is Cc1ccnc(NCCN2CCN(C)CC2)c1N. The first-order chi connectivity index (χ1) is 8.66. The molecule has 0 atom stereocenters. The fraction of sp³-hybridized carbons (Fsp3) is 0.615. The van der Waals surface area contributed by atoms with E-state index < -0.39 is 0 Å². The minimum atomic E-state index is 0.760.